The van der Waals surface area contributed by atoms with Crippen LogP contribution in [0.3, 0.4) is 0 Å². The molecule has 0 bridgehead atoms. The van der Waals surface area contributed by atoms with E-state index in [-0.39, 0.29) is 0 Å². The van der Waals surface area contributed by atoms with E-state index in [1.54, 1.807) is 0 Å². The van der Waals surface area contributed by atoms with Crippen molar-refractivity contribution in [1.29, 1.82) is 0 Å². The van der Waals surface area contributed by atoms with Gasteiger partial charge in [0.15, 0.2) is 0 Å². The number of methoxy groups -OCH3 is 1. The molecule has 1 aliphatic rings. The van der Waals surface area contributed by atoms with E-state index < -0.39 is 35.9 Å². The predicted molar refractivity (Wildman–Crippen MR) is 63.0 cm³/mol. The molecule has 1 saturated carbocycles. The lowest BCUT2D eigenvalue weighted by molar-refractivity contribution is -0.162. The lowest BCUT2D eigenvalue weighted by atomic mass is 9.66. The highest BCUT2D eigenvalue weighted by Crippen LogP contribution is 2.44. The first-order valence-corrected chi connectivity index (χ1v) is 6.30. The number of aliphatic carboxylic acids is 1. The van der Waals surface area contributed by atoms with E-state index in [0.29, 0.717) is 25.9 Å². The van der Waals surface area contributed by atoms with Crippen LogP contribution in [0.25, 0.3) is 0 Å². The normalized spacial score (nSPS) is 19.0. The van der Waals surface area contributed by atoms with Crippen LogP contribution in [-0.4, -0.2) is 42.9 Å². The maximum atomic E-state index is 12.3. The molecule has 1 rings (SSSR count). The first kappa shape index (κ1) is 16.7. The highest BCUT2D eigenvalue weighted by atomic mass is 19.4. The quantitative estimate of drug-likeness (QED) is 0.750. The van der Waals surface area contributed by atoms with Crippen LogP contribution in [0.2, 0.25) is 0 Å². The molecule has 1 amide bonds. The number of rotatable bonds is 7. The molecule has 0 radical (unpaired) electrons. The van der Waals surface area contributed by atoms with Gasteiger partial charge in [-0.1, -0.05) is 6.42 Å². The second-order valence-electron chi connectivity index (χ2n) is 5.06. The molecule has 0 saturated heterocycles. The van der Waals surface area contributed by atoms with Crippen LogP contribution in [0.5, 0.6) is 0 Å². The number of carboxylic acids is 1. The summed E-state index contributed by atoms with van der Waals surface area (Å²) in [5.74, 6) is -2.31. The van der Waals surface area contributed by atoms with Gasteiger partial charge in [-0.2, -0.15) is 13.2 Å². The third-order valence-electron chi connectivity index (χ3n) is 3.62. The van der Waals surface area contributed by atoms with Gasteiger partial charge in [-0.15, -0.1) is 0 Å². The number of hydrogen-bond donors (Lipinski definition) is 2. The standard InChI is InChI=1S/C12H18F3NO4/c1-20-6-5-11(3-2-4-11)10(19)16-8(9(17)18)7-12(13,14)15/h8H,2-7H2,1H3,(H,16,19)(H,17,18). The first-order chi connectivity index (χ1) is 9.20. The van der Waals surface area contributed by atoms with Gasteiger partial charge in [-0.05, 0) is 19.3 Å². The van der Waals surface area contributed by atoms with Crippen LogP contribution in [0, 0.1) is 5.41 Å². The van der Waals surface area contributed by atoms with Gasteiger partial charge in [-0.25, -0.2) is 4.79 Å². The molecule has 5 nitrogen and oxygen atoms in total. The van der Waals surface area contributed by atoms with Crippen LogP contribution in [-0.2, 0) is 14.3 Å². The van der Waals surface area contributed by atoms with Gasteiger partial charge in [-0.3, -0.25) is 4.79 Å². The van der Waals surface area contributed by atoms with Crippen LogP contribution in [0.1, 0.15) is 32.1 Å². The van der Waals surface area contributed by atoms with Crippen molar-refractivity contribution in [2.24, 2.45) is 5.41 Å². The Morgan fingerprint density at radius 2 is 2.00 bits per heavy atom. The van der Waals surface area contributed by atoms with Crippen LogP contribution < -0.4 is 5.32 Å². The Balaban J connectivity index is 2.67. The number of carbonyl (C=O) groups is 2. The molecule has 0 heterocycles. The number of carbonyl (C=O) groups excluding carboxylic acids is 1. The second kappa shape index (κ2) is 6.43. The fourth-order valence-electron chi connectivity index (χ4n) is 2.23. The van der Waals surface area contributed by atoms with Crippen molar-refractivity contribution in [1.82, 2.24) is 5.32 Å². The second-order valence-corrected chi connectivity index (χ2v) is 5.06. The SMILES string of the molecule is COCCC1(C(=O)NC(CC(F)(F)F)C(=O)O)CCC1. The zero-order valence-corrected chi connectivity index (χ0v) is 11.1. The Hall–Kier alpha value is -1.31. The molecule has 0 aromatic heterocycles. The Bertz CT molecular complexity index is 366. The van der Waals surface area contributed by atoms with E-state index >= 15 is 0 Å². The van der Waals surface area contributed by atoms with Crippen molar-refractivity contribution < 1.29 is 32.6 Å². The highest BCUT2D eigenvalue weighted by Gasteiger charge is 2.46. The molecule has 1 atom stereocenters. The number of nitrogens with one attached hydrogen (secondary N) is 1. The molecule has 2 N–H and O–H groups in total. The van der Waals surface area contributed by atoms with E-state index in [0.717, 1.165) is 6.42 Å². The van der Waals surface area contributed by atoms with Gasteiger partial charge in [0.1, 0.15) is 6.04 Å². The summed E-state index contributed by atoms with van der Waals surface area (Å²) >= 11 is 0. The lowest BCUT2D eigenvalue weighted by Gasteiger charge is -2.40. The van der Waals surface area contributed by atoms with Gasteiger partial charge >= 0.3 is 12.1 Å². The molecule has 1 aliphatic carbocycles. The minimum atomic E-state index is -4.64. The fourth-order valence-corrected chi connectivity index (χ4v) is 2.23. The highest BCUT2D eigenvalue weighted by molar-refractivity contribution is 5.88. The van der Waals surface area contributed by atoms with Crippen LogP contribution in [0.15, 0.2) is 0 Å². The van der Waals surface area contributed by atoms with Gasteiger partial charge in [0.2, 0.25) is 5.91 Å². The summed E-state index contributed by atoms with van der Waals surface area (Å²) < 4.78 is 41.7. The molecule has 20 heavy (non-hydrogen) atoms. The van der Waals surface area contributed by atoms with Gasteiger partial charge < -0.3 is 15.2 Å². The minimum absolute atomic E-state index is 0.310. The van der Waals surface area contributed by atoms with E-state index in [1.165, 1.54) is 7.11 Å². The average molecular weight is 297 g/mol. The lowest BCUT2D eigenvalue weighted by Crippen LogP contribution is -2.52. The molecule has 116 valence electrons. The summed E-state index contributed by atoms with van der Waals surface area (Å²) in [7, 11) is 1.47. The Morgan fingerprint density at radius 3 is 2.35 bits per heavy atom. The Kier molecular flexibility index (Phi) is 5.38. The fraction of sp³-hybridized carbons (Fsp3) is 0.833. The molecule has 1 fully saturated rings. The summed E-state index contributed by atoms with van der Waals surface area (Å²) in [5.41, 5.74) is -0.782. The summed E-state index contributed by atoms with van der Waals surface area (Å²) in [6.07, 6.45) is -3.95. The van der Waals surface area contributed by atoms with Gasteiger partial charge in [0.25, 0.3) is 0 Å². The van der Waals surface area contributed by atoms with Crippen molar-refractivity contribution in [2.45, 2.75) is 44.3 Å². The van der Waals surface area contributed by atoms with E-state index in [1.807, 2.05) is 5.32 Å². The number of halogens is 3. The van der Waals surface area contributed by atoms with E-state index in [4.69, 9.17) is 9.84 Å². The summed E-state index contributed by atoms with van der Waals surface area (Å²) in [6, 6.07) is -1.94. The molecular formula is C12H18F3NO4. The third-order valence-corrected chi connectivity index (χ3v) is 3.62. The number of ether oxygens (including phenoxy) is 1. The van der Waals surface area contributed by atoms with Crippen molar-refractivity contribution in [3.8, 4) is 0 Å². The van der Waals surface area contributed by atoms with Gasteiger partial charge in [0.05, 0.1) is 11.8 Å². The molecule has 8 heteroatoms. The molecule has 1 unspecified atom stereocenters. The zero-order chi connectivity index (χ0) is 15.4. The van der Waals surface area contributed by atoms with Crippen molar-refractivity contribution in [3.63, 3.8) is 0 Å². The third kappa shape index (κ3) is 4.36. The summed E-state index contributed by atoms with van der Waals surface area (Å²) in [4.78, 5) is 22.9. The number of hydrogen-bond acceptors (Lipinski definition) is 3. The number of alkyl halides is 3. The topological polar surface area (TPSA) is 75.6 Å². The Labute approximate surface area is 114 Å². The average Bonchev–Trinajstić information content (AvgIpc) is 2.24. The minimum Gasteiger partial charge on any atom is -0.480 e. The smallest absolute Gasteiger partial charge is 0.391 e. The monoisotopic (exact) mass is 297 g/mol. The maximum Gasteiger partial charge on any atom is 0.391 e. The largest absolute Gasteiger partial charge is 0.480 e. The number of carboxylic acid groups (broad SMARTS) is 1. The van der Waals surface area contributed by atoms with E-state index in [2.05, 4.69) is 0 Å². The molecule has 0 spiro atoms. The van der Waals surface area contributed by atoms with Crippen molar-refractivity contribution >= 4 is 11.9 Å². The van der Waals surface area contributed by atoms with E-state index in [9.17, 15) is 22.8 Å². The van der Waals surface area contributed by atoms with Crippen LogP contribution >= 0.6 is 0 Å². The molecule has 0 aromatic rings. The molecule has 0 aromatic carbocycles. The first-order valence-electron chi connectivity index (χ1n) is 6.30. The number of amides is 1. The van der Waals surface area contributed by atoms with Crippen molar-refractivity contribution in [2.75, 3.05) is 13.7 Å². The van der Waals surface area contributed by atoms with Gasteiger partial charge in [0, 0.05) is 13.7 Å². The Morgan fingerprint density at radius 1 is 1.40 bits per heavy atom. The zero-order valence-electron chi connectivity index (χ0n) is 11.1. The predicted octanol–water partition coefficient (Wildman–Crippen LogP) is 1.72. The van der Waals surface area contributed by atoms with Crippen LogP contribution in [0.4, 0.5) is 13.2 Å². The molecule has 0 aliphatic heterocycles. The maximum absolute atomic E-state index is 12.3. The summed E-state index contributed by atoms with van der Waals surface area (Å²) in [5, 5.41) is 10.8. The summed E-state index contributed by atoms with van der Waals surface area (Å²) in [6.45, 7) is 0.310. The molecular weight excluding hydrogens is 279 g/mol. The van der Waals surface area contributed by atoms with Crippen molar-refractivity contribution in [3.05, 3.63) is 0 Å².